The summed E-state index contributed by atoms with van der Waals surface area (Å²) < 4.78 is 1.50. The van der Waals surface area contributed by atoms with Crippen molar-refractivity contribution in [1.29, 1.82) is 0 Å². The van der Waals surface area contributed by atoms with Crippen LogP contribution in [-0.4, -0.2) is 29.7 Å². The summed E-state index contributed by atoms with van der Waals surface area (Å²) >= 11 is 0. The fraction of sp³-hybridized carbons (Fsp3) is 0.200. The summed E-state index contributed by atoms with van der Waals surface area (Å²) in [4.78, 5) is 25.8. The van der Waals surface area contributed by atoms with E-state index in [0.29, 0.717) is 23.5 Å². The highest BCUT2D eigenvalue weighted by molar-refractivity contribution is 5.73. The summed E-state index contributed by atoms with van der Waals surface area (Å²) in [5, 5.41) is 6.99. The van der Waals surface area contributed by atoms with Gasteiger partial charge in [-0.25, -0.2) is 9.97 Å². The average molecular weight is 245 g/mol. The predicted octanol–water partition coefficient (Wildman–Crippen LogP) is -0.00820. The lowest BCUT2D eigenvalue weighted by Crippen LogP contribution is -2.15. The molecule has 0 saturated carbocycles. The Morgan fingerprint density at radius 3 is 3.17 bits per heavy atom. The van der Waals surface area contributed by atoms with Gasteiger partial charge in [-0.15, -0.1) is 0 Å². The molecule has 0 aromatic carbocycles. The lowest BCUT2D eigenvalue weighted by atomic mass is 10.4. The Morgan fingerprint density at radius 2 is 2.39 bits per heavy atom. The molecule has 0 radical (unpaired) electrons. The van der Waals surface area contributed by atoms with Gasteiger partial charge in [0, 0.05) is 19.4 Å². The minimum atomic E-state index is -0.220. The smallest absolute Gasteiger partial charge is 0.278 e. The van der Waals surface area contributed by atoms with Gasteiger partial charge in [-0.05, 0) is 0 Å². The van der Waals surface area contributed by atoms with Gasteiger partial charge >= 0.3 is 0 Å². The first-order chi connectivity index (χ1) is 8.74. The van der Waals surface area contributed by atoms with E-state index in [1.165, 1.54) is 4.68 Å². The number of imidazole rings is 1. The zero-order valence-corrected chi connectivity index (χ0v) is 9.64. The van der Waals surface area contributed by atoms with Gasteiger partial charge in [-0.2, -0.15) is 5.10 Å². The van der Waals surface area contributed by atoms with Crippen LogP contribution in [0.3, 0.4) is 0 Å². The van der Waals surface area contributed by atoms with E-state index in [-0.39, 0.29) is 5.56 Å². The van der Waals surface area contributed by atoms with Gasteiger partial charge < -0.3 is 10.3 Å². The van der Waals surface area contributed by atoms with Crippen LogP contribution in [0.4, 0.5) is 5.95 Å². The van der Waals surface area contributed by atoms with E-state index in [2.05, 4.69) is 30.4 Å². The third-order valence-corrected chi connectivity index (χ3v) is 2.58. The van der Waals surface area contributed by atoms with Crippen LogP contribution in [-0.2, 0) is 13.6 Å². The molecule has 8 nitrogen and oxygen atoms in total. The zero-order valence-electron chi connectivity index (χ0n) is 9.64. The van der Waals surface area contributed by atoms with E-state index >= 15 is 0 Å². The highest BCUT2D eigenvalue weighted by atomic mass is 16.1. The van der Waals surface area contributed by atoms with Crippen LogP contribution in [0.15, 0.2) is 23.4 Å². The number of aromatic amines is 2. The Balaban J connectivity index is 1.91. The number of anilines is 1. The quantitative estimate of drug-likeness (QED) is 0.602. The van der Waals surface area contributed by atoms with Crippen molar-refractivity contribution in [2.75, 3.05) is 5.32 Å². The summed E-state index contributed by atoms with van der Waals surface area (Å²) in [7, 11) is 1.70. The molecule has 92 valence electrons. The molecular formula is C10H11N7O. The molecule has 18 heavy (non-hydrogen) atoms. The third-order valence-electron chi connectivity index (χ3n) is 2.58. The Bertz CT molecular complexity index is 724. The van der Waals surface area contributed by atoms with Gasteiger partial charge in [0.1, 0.15) is 11.3 Å². The fourth-order valence-electron chi connectivity index (χ4n) is 1.73. The molecule has 0 aliphatic carbocycles. The molecule has 0 aliphatic rings. The molecule has 3 aromatic heterocycles. The van der Waals surface area contributed by atoms with Crippen molar-refractivity contribution >= 4 is 17.0 Å². The zero-order chi connectivity index (χ0) is 12.5. The minimum absolute atomic E-state index is 0.220. The van der Waals surface area contributed by atoms with Gasteiger partial charge in [-0.3, -0.25) is 14.5 Å². The van der Waals surface area contributed by atoms with Crippen molar-refractivity contribution in [1.82, 2.24) is 29.7 Å². The van der Waals surface area contributed by atoms with Gasteiger partial charge in [-0.1, -0.05) is 0 Å². The Hall–Kier alpha value is -2.64. The maximum atomic E-state index is 11.8. The summed E-state index contributed by atoms with van der Waals surface area (Å²) in [6, 6.07) is 0. The summed E-state index contributed by atoms with van der Waals surface area (Å²) in [6.45, 7) is 0.460. The molecule has 0 amide bonds. The molecule has 8 heteroatoms. The molecule has 0 atom stereocenters. The summed E-state index contributed by atoms with van der Waals surface area (Å²) in [5.74, 6) is 1.17. The second-order valence-electron chi connectivity index (χ2n) is 3.81. The molecule has 0 aliphatic heterocycles. The molecule has 0 unspecified atom stereocenters. The van der Waals surface area contributed by atoms with Crippen molar-refractivity contribution in [3.05, 3.63) is 34.8 Å². The lowest BCUT2D eigenvalue weighted by molar-refractivity contribution is 0.792. The average Bonchev–Trinajstić information content (AvgIpc) is 2.97. The normalized spacial score (nSPS) is 10.9. The Labute approximate surface area is 101 Å². The second-order valence-corrected chi connectivity index (χ2v) is 3.81. The number of hydrogen-bond donors (Lipinski definition) is 3. The van der Waals surface area contributed by atoms with Gasteiger partial charge in [0.25, 0.3) is 5.56 Å². The Morgan fingerprint density at radius 1 is 1.50 bits per heavy atom. The molecule has 3 rings (SSSR count). The fourth-order valence-corrected chi connectivity index (χ4v) is 1.73. The van der Waals surface area contributed by atoms with Crippen LogP contribution in [0.1, 0.15) is 5.82 Å². The number of nitrogens with zero attached hydrogens (tertiary/aromatic N) is 4. The van der Waals surface area contributed by atoms with Gasteiger partial charge in [0.2, 0.25) is 5.95 Å². The first-order valence-electron chi connectivity index (χ1n) is 5.38. The molecule has 3 heterocycles. The number of hydrogen-bond acceptors (Lipinski definition) is 5. The summed E-state index contributed by atoms with van der Waals surface area (Å²) in [6.07, 6.45) is 4.96. The monoisotopic (exact) mass is 245 g/mol. The van der Waals surface area contributed by atoms with Gasteiger partial charge in [0.05, 0.1) is 12.7 Å². The van der Waals surface area contributed by atoms with Crippen molar-refractivity contribution < 1.29 is 0 Å². The van der Waals surface area contributed by atoms with E-state index in [9.17, 15) is 4.79 Å². The van der Waals surface area contributed by atoms with Crippen LogP contribution in [0.2, 0.25) is 0 Å². The molecule has 3 aromatic rings. The maximum absolute atomic E-state index is 11.8. The van der Waals surface area contributed by atoms with Gasteiger partial charge in [0.15, 0.2) is 5.52 Å². The van der Waals surface area contributed by atoms with Crippen molar-refractivity contribution in [3.63, 3.8) is 0 Å². The van der Waals surface area contributed by atoms with E-state index in [4.69, 9.17) is 0 Å². The van der Waals surface area contributed by atoms with Crippen molar-refractivity contribution in [2.24, 2.45) is 7.05 Å². The Kier molecular flexibility index (Phi) is 2.33. The standard InChI is InChI=1S/C10H11N7O/c1-17-8-6(4-14-17)15-10(16-9(8)18)13-5-7-11-2-3-12-7/h2-4H,5H2,1H3,(H,11,12)(H2,13,15,16,18). The van der Waals surface area contributed by atoms with E-state index in [0.717, 1.165) is 5.82 Å². The molecule has 3 N–H and O–H groups in total. The molecule has 0 saturated heterocycles. The number of rotatable bonds is 3. The number of H-pyrrole nitrogens is 2. The molecular weight excluding hydrogens is 234 g/mol. The van der Waals surface area contributed by atoms with E-state index in [1.54, 1.807) is 25.6 Å². The highest BCUT2D eigenvalue weighted by Gasteiger charge is 2.07. The largest absolute Gasteiger partial charge is 0.349 e. The van der Waals surface area contributed by atoms with Crippen molar-refractivity contribution in [3.8, 4) is 0 Å². The highest BCUT2D eigenvalue weighted by Crippen LogP contribution is 2.07. The topological polar surface area (TPSA) is 104 Å². The van der Waals surface area contributed by atoms with Crippen LogP contribution in [0, 0.1) is 0 Å². The number of fused-ring (bicyclic) bond motifs is 1. The molecule has 0 fully saturated rings. The molecule has 0 spiro atoms. The maximum Gasteiger partial charge on any atom is 0.278 e. The van der Waals surface area contributed by atoms with Crippen molar-refractivity contribution in [2.45, 2.75) is 6.54 Å². The van der Waals surface area contributed by atoms with Crippen LogP contribution < -0.4 is 10.9 Å². The summed E-state index contributed by atoms with van der Waals surface area (Å²) in [5.41, 5.74) is 0.795. The number of nitrogens with one attached hydrogen (secondary N) is 3. The van der Waals surface area contributed by atoms with Crippen LogP contribution in [0.25, 0.3) is 11.0 Å². The van der Waals surface area contributed by atoms with E-state index < -0.39 is 0 Å². The third kappa shape index (κ3) is 1.73. The SMILES string of the molecule is Cn1ncc2nc(NCc3ncc[nH]3)[nH]c(=O)c21. The second kappa shape index (κ2) is 3.99. The first-order valence-corrected chi connectivity index (χ1v) is 5.38. The minimum Gasteiger partial charge on any atom is -0.349 e. The molecule has 0 bridgehead atoms. The van der Waals surface area contributed by atoms with Crippen LogP contribution in [0.5, 0.6) is 0 Å². The van der Waals surface area contributed by atoms with Crippen LogP contribution >= 0.6 is 0 Å². The predicted molar refractivity (Wildman–Crippen MR) is 65.0 cm³/mol. The lowest BCUT2D eigenvalue weighted by Gasteiger charge is -2.03. The van der Waals surface area contributed by atoms with E-state index in [1.807, 2.05) is 0 Å². The number of aromatic nitrogens is 6. The number of aryl methyl sites for hydroxylation is 1. The first kappa shape index (κ1) is 10.5.